The Morgan fingerprint density at radius 2 is 2.22 bits per heavy atom. The van der Waals surface area contributed by atoms with Gasteiger partial charge in [0.2, 0.25) is 0 Å². The summed E-state index contributed by atoms with van der Waals surface area (Å²) in [7, 11) is 0. The lowest BCUT2D eigenvalue weighted by molar-refractivity contribution is 0.578. The summed E-state index contributed by atoms with van der Waals surface area (Å²) in [5.41, 5.74) is 2.30. The van der Waals surface area contributed by atoms with Gasteiger partial charge >= 0.3 is 0 Å². The molecular weight excluding hydrogens is 361 g/mol. The van der Waals surface area contributed by atoms with E-state index in [0.29, 0.717) is 0 Å². The smallest absolute Gasteiger partial charge is 0.0575 e. The van der Waals surface area contributed by atoms with Crippen molar-refractivity contribution in [2.75, 3.05) is 5.32 Å². The summed E-state index contributed by atoms with van der Waals surface area (Å²) in [4.78, 5) is 0. The number of aromatic nitrogens is 2. The Labute approximate surface area is 126 Å². The number of benzene rings is 1. The number of anilines is 1. The predicted octanol–water partition coefficient (Wildman–Crippen LogP) is 4.16. The Morgan fingerprint density at radius 3 is 2.94 bits per heavy atom. The van der Waals surface area contributed by atoms with Crippen LogP contribution in [0, 0.1) is 3.57 Å². The summed E-state index contributed by atoms with van der Waals surface area (Å²) in [5, 5.41) is 8.49. The van der Waals surface area contributed by atoms with Crippen LogP contribution in [-0.4, -0.2) is 9.78 Å². The highest BCUT2D eigenvalue weighted by molar-refractivity contribution is 14.1. The first kappa shape index (κ1) is 13.7. The van der Waals surface area contributed by atoms with Crippen LogP contribution < -0.4 is 5.32 Å². The van der Waals surface area contributed by atoms with Gasteiger partial charge in [0, 0.05) is 27.0 Å². The SMILES string of the molecule is CCCn1nccc1CNc1ccc(Cl)cc1I. The second-order valence-electron chi connectivity index (χ2n) is 4.02. The molecule has 2 aromatic rings. The van der Waals surface area contributed by atoms with Crippen molar-refractivity contribution < 1.29 is 0 Å². The molecule has 5 heteroatoms. The monoisotopic (exact) mass is 375 g/mol. The van der Waals surface area contributed by atoms with E-state index in [9.17, 15) is 0 Å². The molecule has 0 aliphatic carbocycles. The fraction of sp³-hybridized carbons (Fsp3) is 0.308. The summed E-state index contributed by atoms with van der Waals surface area (Å²) in [6, 6.07) is 7.90. The third-order valence-electron chi connectivity index (χ3n) is 2.63. The van der Waals surface area contributed by atoms with Gasteiger partial charge in [-0.05, 0) is 53.3 Å². The van der Waals surface area contributed by atoms with E-state index in [0.717, 1.165) is 33.8 Å². The quantitative estimate of drug-likeness (QED) is 0.795. The molecule has 96 valence electrons. The maximum atomic E-state index is 5.94. The van der Waals surface area contributed by atoms with Crippen molar-refractivity contribution in [3.05, 3.63) is 44.7 Å². The number of aryl methyl sites for hydroxylation is 1. The van der Waals surface area contributed by atoms with Crippen LogP contribution in [0.15, 0.2) is 30.5 Å². The van der Waals surface area contributed by atoms with Gasteiger partial charge in [-0.15, -0.1) is 0 Å². The van der Waals surface area contributed by atoms with E-state index < -0.39 is 0 Å². The number of hydrogen-bond acceptors (Lipinski definition) is 2. The lowest BCUT2D eigenvalue weighted by Crippen LogP contribution is -2.09. The van der Waals surface area contributed by atoms with Gasteiger partial charge < -0.3 is 5.32 Å². The summed E-state index contributed by atoms with van der Waals surface area (Å²) < 4.78 is 3.16. The number of nitrogens with one attached hydrogen (secondary N) is 1. The standard InChI is InChI=1S/C13H15ClIN3/c1-2-7-18-11(5-6-17-18)9-16-13-4-3-10(14)8-12(13)15/h3-6,8,16H,2,7,9H2,1H3. The van der Waals surface area contributed by atoms with E-state index in [1.54, 1.807) is 0 Å². The van der Waals surface area contributed by atoms with Gasteiger partial charge in [0.25, 0.3) is 0 Å². The minimum Gasteiger partial charge on any atom is -0.379 e. The molecule has 0 unspecified atom stereocenters. The van der Waals surface area contributed by atoms with Crippen LogP contribution in [0.2, 0.25) is 5.02 Å². The largest absolute Gasteiger partial charge is 0.379 e. The fourth-order valence-corrected chi connectivity index (χ4v) is 2.80. The zero-order valence-electron chi connectivity index (χ0n) is 10.2. The van der Waals surface area contributed by atoms with Gasteiger partial charge in [0.15, 0.2) is 0 Å². The molecule has 0 radical (unpaired) electrons. The number of hydrogen-bond donors (Lipinski definition) is 1. The minimum absolute atomic E-state index is 0.765. The molecule has 1 aromatic carbocycles. The fourth-order valence-electron chi connectivity index (χ4n) is 1.74. The minimum atomic E-state index is 0.765. The van der Waals surface area contributed by atoms with Gasteiger partial charge in [-0.1, -0.05) is 18.5 Å². The van der Waals surface area contributed by atoms with Crippen molar-refractivity contribution in [3.63, 3.8) is 0 Å². The Bertz CT molecular complexity index is 525. The molecular formula is C13H15ClIN3. The second kappa shape index (κ2) is 6.43. The summed E-state index contributed by atoms with van der Waals surface area (Å²) >= 11 is 8.22. The van der Waals surface area contributed by atoms with Gasteiger partial charge in [-0.25, -0.2) is 0 Å². The molecule has 3 nitrogen and oxygen atoms in total. The van der Waals surface area contributed by atoms with Crippen molar-refractivity contribution in [1.82, 2.24) is 9.78 Å². The molecule has 0 aliphatic rings. The van der Waals surface area contributed by atoms with Gasteiger partial charge in [-0.3, -0.25) is 4.68 Å². The van der Waals surface area contributed by atoms with E-state index in [4.69, 9.17) is 11.6 Å². The first-order valence-corrected chi connectivity index (χ1v) is 7.36. The normalized spacial score (nSPS) is 10.6. The Kier molecular flexibility index (Phi) is 4.88. The average molecular weight is 376 g/mol. The van der Waals surface area contributed by atoms with Crippen molar-refractivity contribution >= 4 is 39.9 Å². The molecule has 1 heterocycles. The van der Waals surface area contributed by atoms with Crippen molar-refractivity contribution in [3.8, 4) is 0 Å². The number of rotatable bonds is 5. The highest BCUT2D eigenvalue weighted by Crippen LogP contribution is 2.22. The van der Waals surface area contributed by atoms with Crippen LogP contribution in [-0.2, 0) is 13.1 Å². The number of halogens is 2. The molecule has 0 aliphatic heterocycles. The van der Waals surface area contributed by atoms with E-state index in [1.807, 2.05) is 35.1 Å². The molecule has 1 aromatic heterocycles. The van der Waals surface area contributed by atoms with Gasteiger partial charge in [-0.2, -0.15) is 5.10 Å². The summed E-state index contributed by atoms with van der Waals surface area (Å²) in [6.45, 7) is 3.89. The zero-order valence-corrected chi connectivity index (χ0v) is 13.1. The van der Waals surface area contributed by atoms with Crippen molar-refractivity contribution in [1.29, 1.82) is 0 Å². The van der Waals surface area contributed by atoms with E-state index in [-0.39, 0.29) is 0 Å². The molecule has 0 spiro atoms. The highest BCUT2D eigenvalue weighted by Gasteiger charge is 2.04. The van der Waals surface area contributed by atoms with Crippen LogP contribution >= 0.6 is 34.2 Å². The van der Waals surface area contributed by atoms with Gasteiger partial charge in [0.1, 0.15) is 0 Å². The second-order valence-corrected chi connectivity index (χ2v) is 5.62. The zero-order chi connectivity index (χ0) is 13.0. The molecule has 0 atom stereocenters. The van der Waals surface area contributed by atoms with Crippen LogP contribution in [0.3, 0.4) is 0 Å². The van der Waals surface area contributed by atoms with Crippen LogP contribution in [0.5, 0.6) is 0 Å². The van der Waals surface area contributed by atoms with E-state index >= 15 is 0 Å². The van der Waals surface area contributed by atoms with Crippen LogP contribution in [0.4, 0.5) is 5.69 Å². The Hall–Kier alpha value is -0.750. The maximum Gasteiger partial charge on any atom is 0.0575 e. The maximum absolute atomic E-state index is 5.94. The number of nitrogens with zero attached hydrogens (tertiary/aromatic N) is 2. The highest BCUT2D eigenvalue weighted by atomic mass is 127. The first-order chi connectivity index (χ1) is 8.70. The predicted molar refractivity (Wildman–Crippen MR) is 84.0 cm³/mol. The molecule has 18 heavy (non-hydrogen) atoms. The van der Waals surface area contributed by atoms with Crippen LogP contribution in [0.1, 0.15) is 19.0 Å². The topological polar surface area (TPSA) is 29.9 Å². The molecule has 2 rings (SSSR count). The third-order valence-corrected chi connectivity index (χ3v) is 3.76. The average Bonchev–Trinajstić information content (AvgIpc) is 2.76. The lowest BCUT2D eigenvalue weighted by Gasteiger charge is -2.10. The molecule has 0 saturated carbocycles. The van der Waals surface area contributed by atoms with Crippen LogP contribution in [0.25, 0.3) is 0 Å². The molecule has 0 saturated heterocycles. The van der Waals surface area contributed by atoms with Gasteiger partial charge in [0.05, 0.1) is 12.2 Å². The van der Waals surface area contributed by atoms with E-state index in [1.165, 1.54) is 5.69 Å². The molecule has 0 amide bonds. The molecule has 1 N–H and O–H groups in total. The van der Waals surface area contributed by atoms with E-state index in [2.05, 4.69) is 39.9 Å². The third kappa shape index (κ3) is 3.38. The summed E-state index contributed by atoms with van der Waals surface area (Å²) in [6.07, 6.45) is 2.94. The van der Waals surface area contributed by atoms with Crippen molar-refractivity contribution in [2.24, 2.45) is 0 Å². The molecule has 0 fully saturated rings. The summed E-state index contributed by atoms with van der Waals surface area (Å²) in [5.74, 6) is 0. The van der Waals surface area contributed by atoms with Crippen molar-refractivity contribution in [2.45, 2.75) is 26.4 Å². The first-order valence-electron chi connectivity index (χ1n) is 5.90. The Morgan fingerprint density at radius 1 is 1.39 bits per heavy atom. The Balaban J connectivity index is 2.04. The molecule has 0 bridgehead atoms. The lowest BCUT2D eigenvalue weighted by atomic mass is 10.3.